The zero-order chi connectivity index (χ0) is 31.1. The summed E-state index contributed by atoms with van der Waals surface area (Å²) >= 11 is 0. The summed E-state index contributed by atoms with van der Waals surface area (Å²) in [5.74, 6) is -0.810. The summed E-state index contributed by atoms with van der Waals surface area (Å²) in [6.45, 7) is 16.8. The van der Waals surface area contributed by atoms with Crippen LogP contribution in [0.1, 0.15) is 67.6 Å². The Kier molecular flexibility index (Phi) is 10.3. The van der Waals surface area contributed by atoms with E-state index in [-0.39, 0.29) is 25.3 Å². The van der Waals surface area contributed by atoms with Crippen LogP contribution in [0.3, 0.4) is 0 Å². The van der Waals surface area contributed by atoms with E-state index >= 15 is 0 Å². The normalized spacial score (nSPS) is 16.3. The van der Waals surface area contributed by atoms with Crippen LogP contribution in [0.5, 0.6) is 5.75 Å². The Morgan fingerprint density at radius 1 is 1.05 bits per heavy atom. The van der Waals surface area contributed by atoms with Crippen LogP contribution in [-0.2, 0) is 34.0 Å². The maximum absolute atomic E-state index is 13.3. The van der Waals surface area contributed by atoms with Gasteiger partial charge in [0.15, 0.2) is 0 Å². The van der Waals surface area contributed by atoms with Gasteiger partial charge in [-0.3, -0.25) is 19.3 Å². The van der Waals surface area contributed by atoms with E-state index in [9.17, 15) is 14.4 Å². The minimum Gasteiger partial charge on any atom is -0.489 e. The highest BCUT2D eigenvalue weighted by Crippen LogP contribution is 2.33. The van der Waals surface area contributed by atoms with Crippen LogP contribution in [0.4, 0.5) is 0 Å². The van der Waals surface area contributed by atoms with Gasteiger partial charge in [-0.2, -0.15) is 0 Å². The lowest BCUT2D eigenvalue weighted by Crippen LogP contribution is -2.45. The number of carbonyl (C=O) groups is 3. The average Bonchev–Trinajstić information content (AvgIpc) is 3.28. The van der Waals surface area contributed by atoms with E-state index in [0.717, 1.165) is 44.0 Å². The second-order valence-corrected chi connectivity index (χ2v) is 12.1. The predicted octanol–water partition coefficient (Wildman–Crippen LogP) is 4.40. The summed E-state index contributed by atoms with van der Waals surface area (Å²) in [5, 5.41) is 0. The minimum absolute atomic E-state index is 0.0210. The van der Waals surface area contributed by atoms with Crippen molar-refractivity contribution in [2.75, 3.05) is 26.2 Å². The number of nitrogens with two attached hydrogens (primary N) is 1. The number of benzene rings is 2. The molecule has 4 rings (SSSR count). The zero-order valence-electron chi connectivity index (χ0n) is 25.8. The van der Waals surface area contributed by atoms with Gasteiger partial charge in [0.25, 0.3) is 5.91 Å². The van der Waals surface area contributed by atoms with Gasteiger partial charge in [-0.25, -0.2) is 0 Å². The second-order valence-electron chi connectivity index (χ2n) is 12.1. The Balaban J connectivity index is 1.32. The van der Waals surface area contributed by atoms with Gasteiger partial charge in [0.05, 0.1) is 6.54 Å². The molecule has 1 saturated heterocycles. The lowest BCUT2D eigenvalue weighted by molar-refractivity contribution is -0.155. The second kappa shape index (κ2) is 13.9. The number of piperazine rings is 1. The molecule has 0 aliphatic carbocycles. The molecule has 230 valence electrons. The Morgan fingerprint density at radius 2 is 1.72 bits per heavy atom. The van der Waals surface area contributed by atoms with Crippen molar-refractivity contribution >= 4 is 17.8 Å². The van der Waals surface area contributed by atoms with Crippen molar-refractivity contribution in [3.8, 4) is 5.75 Å². The molecule has 0 aromatic heterocycles. The van der Waals surface area contributed by atoms with Crippen molar-refractivity contribution in [1.82, 2.24) is 14.7 Å². The van der Waals surface area contributed by atoms with Crippen molar-refractivity contribution in [2.24, 2.45) is 5.73 Å². The van der Waals surface area contributed by atoms with E-state index < -0.39 is 23.5 Å². The molecule has 0 bridgehead atoms. The highest BCUT2D eigenvalue weighted by Gasteiger charge is 2.37. The molecule has 2 aliphatic rings. The van der Waals surface area contributed by atoms with Gasteiger partial charge in [-0.15, -0.1) is 0 Å². The number of primary amides is 1. The first-order valence-corrected chi connectivity index (χ1v) is 14.9. The first-order chi connectivity index (χ1) is 20.4. The number of carbonyl (C=O) groups excluding carboxylic acids is 3. The fourth-order valence-corrected chi connectivity index (χ4v) is 5.46. The van der Waals surface area contributed by atoms with Gasteiger partial charge in [-0.1, -0.05) is 43.0 Å². The van der Waals surface area contributed by atoms with E-state index in [0.29, 0.717) is 23.5 Å². The third-order valence-corrected chi connectivity index (χ3v) is 7.66. The summed E-state index contributed by atoms with van der Waals surface area (Å²) in [4.78, 5) is 44.0. The molecule has 0 radical (unpaired) electrons. The van der Waals surface area contributed by atoms with Crippen LogP contribution in [0, 0.1) is 0 Å². The van der Waals surface area contributed by atoms with Crippen molar-refractivity contribution in [1.29, 1.82) is 0 Å². The van der Waals surface area contributed by atoms with Crippen LogP contribution in [0.15, 0.2) is 66.9 Å². The SMILES string of the molecule is C=C(/C=C\C)N1CCN(Cc2ccc(COc3cccc4c3CN([C@@H](CCC(=O)OC(C)(C)C)C(N)=O)C4=O)cc2)CC1. The maximum Gasteiger partial charge on any atom is 0.306 e. The molecular weight excluding hydrogens is 544 g/mol. The van der Waals surface area contributed by atoms with Crippen molar-refractivity contribution < 1.29 is 23.9 Å². The Morgan fingerprint density at radius 3 is 2.35 bits per heavy atom. The van der Waals surface area contributed by atoms with Crippen LogP contribution < -0.4 is 10.5 Å². The number of nitrogens with zero attached hydrogens (tertiary/aromatic N) is 3. The number of fused-ring (bicyclic) bond motifs is 1. The minimum atomic E-state index is -0.928. The van der Waals surface area contributed by atoms with Crippen molar-refractivity contribution in [3.05, 3.63) is 89.1 Å². The number of esters is 1. The number of hydrogen-bond acceptors (Lipinski definition) is 7. The lowest BCUT2D eigenvalue weighted by atomic mass is 10.1. The summed E-state index contributed by atoms with van der Waals surface area (Å²) in [7, 11) is 0. The molecule has 0 saturated carbocycles. The molecule has 1 atom stereocenters. The van der Waals surface area contributed by atoms with E-state index in [2.05, 4.69) is 46.7 Å². The van der Waals surface area contributed by atoms with Gasteiger partial charge in [-0.05, 0) is 63.5 Å². The van der Waals surface area contributed by atoms with Gasteiger partial charge in [0.2, 0.25) is 5.91 Å². The lowest BCUT2D eigenvalue weighted by Gasteiger charge is -2.36. The van der Waals surface area contributed by atoms with E-state index in [4.69, 9.17) is 15.2 Å². The average molecular weight is 589 g/mol. The molecule has 2 amide bonds. The van der Waals surface area contributed by atoms with Crippen LogP contribution in [0.25, 0.3) is 0 Å². The van der Waals surface area contributed by atoms with Gasteiger partial charge in [0, 0.05) is 56.0 Å². The highest BCUT2D eigenvalue weighted by atomic mass is 16.6. The van der Waals surface area contributed by atoms with Crippen LogP contribution in [0.2, 0.25) is 0 Å². The Bertz CT molecular complexity index is 1350. The summed E-state index contributed by atoms with van der Waals surface area (Å²) in [6.07, 6.45) is 4.15. The molecular formula is C34H44N4O5. The van der Waals surface area contributed by atoms with Gasteiger partial charge in [0.1, 0.15) is 24.0 Å². The standard InChI is InChI=1S/C34H44N4O5/c1-6-8-24(2)37-19-17-36(18-20-37)21-25-11-13-26(14-12-25)23-42-30-10-7-9-27-28(30)22-38(33(27)41)29(32(35)40)15-16-31(39)43-34(3,4)5/h6-14,29H,2,15-23H2,1,3-5H3,(H2,35,40)/b8-6-/t29-/m0/s1. The summed E-state index contributed by atoms with van der Waals surface area (Å²) < 4.78 is 11.5. The third-order valence-electron chi connectivity index (χ3n) is 7.66. The molecule has 2 N–H and O–H groups in total. The zero-order valence-corrected chi connectivity index (χ0v) is 25.8. The number of ether oxygens (including phenoxy) is 2. The Hall–Kier alpha value is -4.11. The topological polar surface area (TPSA) is 105 Å². The smallest absolute Gasteiger partial charge is 0.306 e. The third kappa shape index (κ3) is 8.47. The molecule has 0 spiro atoms. The molecule has 9 nitrogen and oxygen atoms in total. The monoisotopic (exact) mass is 588 g/mol. The predicted molar refractivity (Wildman–Crippen MR) is 166 cm³/mol. The van der Waals surface area contributed by atoms with Crippen molar-refractivity contribution in [2.45, 2.75) is 71.9 Å². The Labute approximate surface area is 254 Å². The fraction of sp³-hybridized carbons (Fsp3) is 0.441. The number of allylic oxidation sites excluding steroid dienone is 2. The first-order valence-electron chi connectivity index (χ1n) is 14.9. The molecule has 1 fully saturated rings. The van der Waals surface area contributed by atoms with Crippen LogP contribution >= 0.6 is 0 Å². The molecule has 9 heteroatoms. The molecule has 2 aromatic rings. The molecule has 2 heterocycles. The molecule has 0 unspecified atom stereocenters. The highest BCUT2D eigenvalue weighted by molar-refractivity contribution is 6.01. The van der Waals surface area contributed by atoms with E-state index in [1.54, 1.807) is 32.9 Å². The molecule has 2 aliphatic heterocycles. The van der Waals surface area contributed by atoms with Gasteiger partial charge >= 0.3 is 5.97 Å². The largest absolute Gasteiger partial charge is 0.489 e. The van der Waals surface area contributed by atoms with E-state index in [1.807, 2.05) is 19.1 Å². The van der Waals surface area contributed by atoms with Crippen LogP contribution in [-0.4, -0.2) is 70.3 Å². The quantitative estimate of drug-likeness (QED) is 0.289. The summed E-state index contributed by atoms with van der Waals surface area (Å²) in [5.41, 5.74) is 9.56. The molecule has 43 heavy (non-hydrogen) atoms. The van der Waals surface area contributed by atoms with E-state index in [1.165, 1.54) is 10.5 Å². The molecule has 2 aromatic carbocycles. The van der Waals surface area contributed by atoms with Gasteiger partial charge < -0.3 is 25.0 Å². The number of rotatable bonds is 12. The number of amides is 2. The van der Waals surface area contributed by atoms with Crippen molar-refractivity contribution in [3.63, 3.8) is 0 Å². The summed E-state index contributed by atoms with van der Waals surface area (Å²) in [6, 6.07) is 12.8. The fourth-order valence-electron chi connectivity index (χ4n) is 5.46. The maximum atomic E-state index is 13.3. The number of hydrogen-bond donors (Lipinski definition) is 1. The first kappa shape index (κ1) is 31.8.